The number of carbonyl (C=O) groups excluding carboxylic acids is 1. The summed E-state index contributed by atoms with van der Waals surface area (Å²) < 4.78 is 76.1. The lowest BCUT2D eigenvalue weighted by Gasteiger charge is -2.58. The van der Waals surface area contributed by atoms with Gasteiger partial charge in [-0.05, 0) is 38.5 Å². The SMILES string of the molecule is C=CC(=O)OC1(C(F)(F)C(C)(O)C(F)(F)F)C(CC)CC2CCCC1C2. The van der Waals surface area contributed by atoms with E-state index in [1.165, 1.54) is 0 Å². The topological polar surface area (TPSA) is 46.5 Å². The van der Waals surface area contributed by atoms with E-state index in [4.69, 9.17) is 4.74 Å². The maximum atomic E-state index is 15.5. The zero-order valence-corrected chi connectivity index (χ0v) is 14.9. The molecule has 2 aliphatic carbocycles. The van der Waals surface area contributed by atoms with Crippen LogP contribution in [0.3, 0.4) is 0 Å². The van der Waals surface area contributed by atoms with E-state index in [1.807, 2.05) is 0 Å². The van der Waals surface area contributed by atoms with E-state index < -0.39 is 41.1 Å². The van der Waals surface area contributed by atoms with Gasteiger partial charge in [0.15, 0.2) is 5.60 Å². The van der Waals surface area contributed by atoms with Crippen LogP contribution in [-0.2, 0) is 9.53 Å². The van der Waals surface area contributed by atoms with Gasteiger partial charge in [0.05, 0.1) is 0 Å². The first-order valence-corrected chi connectivity index (χ1v) is 8.87. The van der Waals surface area contributed by atoms with E-state index in [-0.39, 0.29) is 38.5 Å². The summed E-state index contributed by atoms with van der Waals surface area (Å²) in [6.45, 7) is 4.81. The van der Waals surface area contributed by atoms with E-state index >= 15 is 8.78 Å². The Hall–Kier alpha value is -1.18. The highest BCUT2D eigenvalue weighted by atomic mass is 19.4. The van der Waals surface area contributed by atoms with Crippen molar-refractivity contribution in [3.05, 3.63) is 12.7 Å². The van der Waals surface area contributed by atoms with Crippen molar-refractivity contribution in [1.82, 2.24) is 0 Å². The Morgan fingerprint density at radius 3 is 2.38 bits per heavy atom. The van der Waals surface area contributed by atoms with Gasteiger partial charge in [-0.15, -0.1) is 0 Å². The third kappa shape index (κ3) is 2.94. The summed E-state index contributed by atoms with van der Waals surface area (Å²) in [6, 6.07) is 0. The van der Waals surface area contributed by atoms with Crippen molar-refractivity contribution in [3.63, 3.8) is 0 Å². The molecule has 5 unspecified atom stereocenters. The maximum absolute atomic E-state index is 15.5. The normalized spacial score (nSPS) is 34.7. The lowest BCUT2D eigenvalue weighted by atomic mass is 9.55. The number of hydrogen-bond donors (Lipinski definition) is 1. The van der Waals surface area contributed by atoms with Crippen LogP contribution in [-0.4, -0.2) is 34.4 Å². The van der Waals surface area contributed by atoms with Gasteiger partial charge in [0.2, 0.25) is 5.60 Å². The quantitative estimate of drug-likeness (QED) is 0.427. The van der Waals surface area contributed by atoms with Crippen LogP contribution >= 0.6 is 0 Å². The van der Waals surface area contributed by atoms with Gasteiger partial charge in [0, 0.05) is 17.9 Å². The first kappa shape index (κ1) is 21.1. The summed E-state index contributed by atoms with van der Waals surface area (Å²) in [5.41, 5.74) is -7.05. The Kier molecular flexibility index (Phi) is 5.50. The van der Waals surface area contributed by atoms with Crippen molar-refractivity contribution >= 4 is 5.97 Å². The number of fused-ring (bicyclic) bond motifs is 2. The Morgan fingerprint density at radius 1 is 1.27 bits per heavy atom. The average molecular weight is 384 g/mol. The van der Waals surface area contributed by atoms with Gasteiger partial charge >= 0.3 is 18.1 Å². The molecule has 0 aliphatic heterocycles. The monoisotopic (exact) mass is 384 g/mol. The molecule has 2 aliphatic rings. The van der Waals surface area contributed by atoms with E-state index in [2.05, 4.69) is 6.58 Å². The molecule has 0 amide bonds. The van der Waals surface area contributed by atoms with Gasteiger partial charge in [-0.25, -0.2) is 4.79 Å². The Bertz CT molecular complexity index is 554. The second kappa shape index (κ2) is 6.77. The van der Waals surface area contributed by atoms with Crippen LogP contribution in [0.2, 0.25) is 0 Å². The summed E-state index contributed by atoms with van der Waals surface area (Å²) in [5.74, 6) is -7.75. The molecule has 2 fully saturated rings. The van der Waals surface area contributed by atoms with Gasteiger partial charge in [-0.1, -0.05) is 26.3 Å². The third-order valence-electron chi connectivity index (χ3n) is 6.20. The van der Waals surface area contributed by atoms with E-state index in [9.17, 15) is 23.1 Å². The second-order valence-corrected chi connectivity index (χ2v) is 7.63. The number of hydrogen-bond acceptors (Lipinski definition) is 3. The first-order chi connectivity index (χ1) is 11.8. The minimum absolute atomic E-state index is 0.0537. The van der Waals surface area contributed by atoms with Gasteiger partial charge in [-0.2, -0.15) is 22.0 Å². The van der Waals surface area contributed by atoms with Crippen molar-refractivity contribution in [3.8, 4) is 0 Å². The highest BCUT2D eigenvalue weighted by molar-refractivity contribution is 5.81. The Balaban J connectivity index is 2.67. The lowest BCUT2D eigenvalue weighted by Crippen LogP contribution is -2.74. The van der Waals surface area contributed by atoms with Crippen LogP contribution in [0.15, 0.2) is 12.7 Å². The molecule has 26 heavy (non-hydrogen) atoms. The fraction of sp³-hybridized carbons (Fsp3) is 0.833. The van der Waals surface area contributed by atoms with Crippen LogP contribution in [0.25, 0.3) is 0 Å². The van der Waals surface area contributed by atoms with E-state index in [0.717, 1.165) is 6.42 Å². The molecule has 0 aromatic heterocycles. The molecule has 5 atom stereocenters. The molecule has 3 nitrogen and oxygen atoms in total. The summed E-state index contributed by atoms with van der Waals surface area (Å²) in [4.78, 5) is 11.9. The summed E-state index contributed by atoms with van der Waals surface area (Å²) in [7, 11) is 0. The van der Waals surface area contributed by atoms with Gasteiger partial charge in [-0.3, -0.25) is 0 Å². The van der Waals surface area contributed by atoms with Crippen molar-refractivity contribution < 1.29 is 36.6 Å². The summed E-state index contributed by atoms with van der Waals surface area (Å²) in [6.07, 6.45) is -2.70. The number of alkyl halides is 5. The molecule has 0 heterocycles. The predicted molar refractivity (Wildman–Crippen MR) is 84.5 cm³/mol. The molecular formula is C18H25F5O3. The number of rotatable bonds is 5. The fourth-order valence-corrected chi connectivity index (χ4v) is 4.79. The predicted octanol–water partition coefficient (Wildman–Crippen LogP) is 4.64. The van der Waals surface area contributed by atoms with Crippen LogP contribution in [0.1, 0.15) is 52.4 Å². The molecule has 150 valence electrons. The van der Waals surface area contributed by atoms with Crippen molar-refractivity contribution in [2.75, 3.05) is 0 Å². The summed E-state index contributed by atoms with van der Waals surface area (Å²) >= 11 is 0. The van der Waals surface area contributed by atoms with Crippen LogP contribution < -0.4 is 0 Å². The second-order valence-electron chi connectivity index (χ2n) is 7.63. The van der Waals surface area contributed by atoms with Crippen LogP contribution in [0, 0.1) is 17.8 Å². The standard InChI is InChI=1S/C18H25F5O3/c1-4-12-9-11-7-6-8-13(10-11)16(12,26-14(24)5-2)17(19,20)15(3,25)18(21,22)23/h5,11-13,25H,2,4,6-10H2,1,3H3. The van der Waals surface area contributed by atoms with Crippen LogP contribution in [0.5, 0.6) is 0 Å². The maximum Gasteiger partial charge on any atom is 0.423 e. The first-order valence-electron chi connectivity index (χ1n) is 8.87. The van der Waals surface area contributed by atoms with Crippen molar-refractivity contribution in [1.29, 1.82) is 0 Å². The fourth-order valence-electron chi connectivity index (χ4n) is 4.79. The Morgan fingerprint density at radius 2 is 1.88 bits per heavy atom. The van der Waals surface area contributed by atoms with E-state index in [1.54, 1.807) is 6.92 Å². The minimum Gasteiger partial charge on any atom is -0.449 e. The molecule has 8 heteroatoms. The van der Waals surface area contributed by atoms with Gasteiger partial charge in [0.25, 0.3) is 0 Å². The molecule has 0 aromatic rings. The molecule has 1 N–H and O–H groups in total. The third-order valence-corrected chi connectivity index (χ3v) is 6.20. The molecule has 0 saturated heterocycles. The molecule has 0 radical (unpaired) electrons. The molecule has 0 aromatic carbocycles. The number of halogens is 5. The highest BCUT2D eigenvalue weighted by Crippen LogP contribution is 2.61. The molecule has 0 spiro atoms. The van der Waals surface area contributed by atoms with Gasteiger partial charge < -0.3 is 9.84 Å². The number of carbonyl (C=O) groups is 1. The largest absolute Gasteiger partial charge is 0.449 e. The number of aliphatic hydroxyl groups is 1. The Labute approximate surface area is 149 Å². The summed E-state index contributed by atoms with van der Waals surface area (Å²) in [5, 5.41) is 9.90. The molecular weight excluding hydrogens is 359 g/mol. The van der Waals surface area contributed by atoms with Crippen LogP contribution in [0.4, 0.5) is 22.0 Å². The molecule has 2 rings (SSSR count). The lowest BCUT2D eigenvalue weighted by molar-refractivity contribution is -0.382. The van der Waals surface area contributed by atoms with Crippen molar-refractivity contribution in [2.45, 2.75) is 75.7 Å². The molecule has 2 bridgehead atoms. The highest BCUT2D eigenvalue weighted by Gasteiger charge is 2.79. The number of ether oxygens (including phenoxy) is 1. The van der Waals surface area contributed by atoms with E-state index in [0.29, 0.717) is 12.5 Å². The van der Waals surface area contributed by atoms with Crippen molar-refractivity contribution in [2.24, 2.45) is 17.8 Å². The zero-order valence-electron chi connectivity index (χ0n) is 14.9. The smallest absolute Gasteiger partial charge is 0.423 e. The number of esters is 1. The zero-order chi connectivity index (χ0) is 20.0. The average Bonchev–Trinajstić information content (AvgIpc) is 2.55. The minimum atomic E-state index is -5.59. The van der Waals surface area contributed by atoms with Gasteiger partial charge in [0.1, 0.15) is 0 Å². The molecule has 2 saturated carbocycles.